The van der Waals surface area contributed by atoms with Crippen LogP contribution < -0.4 is 11.1 Å². The molecule has 9 heteroatoms. The molecule has 1 aliphatic heterocycles. The summed E-state index contributed by atoms with van der Waals surface area (Å²) in [4.78, 5) is 30.7. The number of carbonyl (C=O) groups excluding carboxylic acids is 2. The third-order valence-corrected chi connectivity index (χ3v) is 5.03. The Hall–Kier alpha value is -3.62. The van der Waals surface area contributed by atoms with E-state index in [1.54, 1.807) is 42.2 Å². The smallest absolute Gasteiger partial charge is 0.402 e. The monoisotopic (exact) mass is 458 g/mol. The van der Waals surface area contributed by atoms with Crippen molar-refractivity contribution < 1.29 is 22.8 Å². The molecule has 1 aliphatic rings. The lowest BCUT2D eigenvalue weighted by molar-refractivity contribution is -0.137. The van der Waals surface area contributed by atoms with E-state index < -0.39 is 11.7 Å². The minimum Gasteiger partial charge on any atom is -0.402 e. The van der Waals surface area contributed by atoms with E-state index in [-0.39, 0.29) is 24.7 Å². The van der Waals surface area contributed by atoms with E-state index in [0.29, 0.717) is 35.9 Å². The van der Waals surface area contributed by atoms with Crippen LogP contribution in [0.5, 0.6) is 0 Å². The molecule has 0 saturated carbocycles. The zero-order valence-corrected chi connectivity index (χ0v) is 18.2. The number of halogens is 3. The van der Waals surface area contributed by atoms with Crippen molar-refractivity contribution in [3.05, 3.63) is 65.9 Å². The Morgan fingerprint density at radius 3 is 2.24 bits per heavy atom. The topological polar surface area (TPSA) is 87.8 Å². The molecule has 2 aromatic carbocycles. The largest absolute Gasteiger partial charge is 0.416 e. The first-order valence-corrected chi connectivity index (χ1v) is 10.5. The summed E-state index contributed by atoms with van der Waals surface area (Å²) in [7, 11) is 0. The predicted molar refractivity (Wildman–Crippen MR) is 121 cm³/mol. The fourth-order valence-electron chi connectivity index (χ4n) is 3.38. The van der Waals surface area contributed by atoms with Crippen molar-refractivity contribution in [2.45, 2.75) is 32.4 Å². The first-order valence-electron chi connectivity index (χ1n) is 10.5. The van der Waals surface area contributed by atoms with Crippen LogP contribution in [0.25, 0.3) is 11.1 Å². The van der Waals surface area contributed by atoms with Gasteiger partial charge in [0.25, 0.3) is 0 Å². The average Bonchev–Trinajstić information content (AvgIpc) is 2.77. The van der Waals surface area contributed by atoms with Crippen LogP contribution in [0.2, 0.25) is 0 Å². The number of benzene rings is 2. The highest BCUT2D eigenvalue weighted by atomic mass is 19.4. The summed E-state index contributed by atoms with van der Waals surface area (Å²) in [5, 5.41) is 2.73. The molecule has 6 nitrogen and oxygen atoms in total. The minimum absolute atomic E-state index is 0.00852. The highest BCUT2D eigenvalue weighted by Gasteiger charge is 2.30. The Balaban J connectivity index is 1.54. The molecule has 1 heterocycles. The van der Waals surface area contributed by atoms with Crippen LogP contribution in [0, 0.1) is 0 Å². The number of nitrogens with one attached hydrogen (secondary N) is 1. The number of hydrogen-bond donors (Lipinski definition) is 2. The zero-order chi connectivity index (χ0) is 24.0. The van der Waals surface area contributed by atoms with Crippen LogP contribution >= 0.6 is 0 Å². The molecule has 0 radical (unpaired) electrons. The molecule has 2 amide bonds. The lowest BCUT2D eigenvalue weighted by Gasteiger charge is -2.26. The Morgan fingerprint density at radius 2 is 1.67 bits per heavy atom. The second-order valence-corrected chi connectivity index (χ2v) is 7.73. The summed E-state index contributed by atoms with van der Waals surface area (Å²) in [5.74, 6) is 0.0101. The minimum atomic E-state index is -4.38. The summed E-state index contributed by atoms with van der Waals surface area (Å²) >= 11 is 0. The number of amidine groups is 1. The van der Waals surface area contributed by atoms with Gasteiger partial charge in [0, 0.05) is 37.3 Å². The maximum atomic E-state index is 12.7. The van der Waals surface area contributed by atoms with Gasteiger partial charge in [0.05, 0.1) is 5.56 Å². The summed E-state index contributed by atoms with van der Waals surface area (Å²) in [5.41, 5.74) is 7.42. The van der Waals surface area contributed by atoms with Crippen molar-refractivity contribution in [3.8, 4) is 11.1 Å². The van der Waals surface area contributed by atoms with Crippen molar-refractivity contribution in [2.24, 2.45) is 10.7 Å². The second kappa shape index (κ2) is 10.3. The Kier molecular flexibility index (Phi) is 7.52. The van der Waals surface area contributed by atoms with Gasteiger partial charge < -0.3 is 11.1 Å². The van der Waals surface area contributed by atoms with Crippen molar-refractivity contribution in [3.63, 3.8) is 0 Å². The molecule has 0 bridgehead atoms. The summed E-state index contributed by atoms with van der Waals surface area (Å²) in [6, 6.07) is 11.6. The number of allylic oxidation sites excluding steroid dienone is 1. The van der Waals surface area contributed by atoms with E-state index >= 15 is 0 Å². The number of nitrogens with zero attached hydrogens (tertiary/aromatic N) is 2. The van der Waals surface area contributed by atoms with Crippen LogP contribution in [0.1, 0.15) is 31.7 Å². The van der Waals surface area contributed by atoms with Gasteiger partial charge in [-0.15, -0.1) is 0 Å². The molecule has 0 unspecified atom stereocenters. The van der Waals surface area contributed by atoms with E-state index in [2.05, 4.69) is 10.3 Å². The van der Waals surface area contributed by atoms with Crippen molar-refractivity contribution in [1.29, 1.82) is 0 Å². The van der Waals surface area contributed by atoms with Crippen LogP contribution in [0.3, 0.4) is 0 Å². The third-order valence-electron chi connectivity index (χ3n) is 5.03. The molecule has 33 heavy (non-hydrogen) atoms. The van der Waals surface area contributed by atoms with Gasteiger partial charge in [0.2, 0.25) is 11.8 Å². The number of carbonyl (C=O) groups is 2. The molecule has 3 N–H and O–H groups in total. The predicted octanol–water partition coefficient (Wildman–Crippen LogP) is 4.58. The fraction of sp³-hybridized carbons (Fsp3) is 0.292. The molecule has 174 valence electrons. The van der Waals surface area contributed by atoms with Gasteiger partial charge in [-0.1, -0.05) is 24.3 Å². The standard InChI is InChI=1S/C24H25F3N4O2/c1-16(28)15-21-29-13-2-14-31(21)23(33)12-11-22(32)30-20-9-5-18(6-10-20)17-3-7-19(8-4-17)24(25,26)27/h3-10,15H,2,11-14,28H2,1H3,(H,30,32). The Bertz CT molecular complexity index is 1050. The molecule has 0 spiro atoms. The van der Waals surface area contributed by atoms with E-state index in [1.807, 2.05) is 0 Å². The highest BCUT2D eigenvalue weighted by molar-refractivity contribution is 6.05. The number of hydrogen-bond acceptors (Lipinski definition) is 4. The average molecular weight is 458 g/mol. The molecule has 0 atom stereocenters. The van der Waals surface area contributed by atoms with E-state index in [1.165, 1.54) is 12.1 Å². The molecule has 0 fully saturated rings. The van der Waals surface area contributed by atoms with Gasteiger partial charge in [-0.3, -0.25) is 19.5 Å². The van der Waals surface area contributed by atoms with Gasteiger partial charge in [-0.05, 0) is 54.8 Å². The number of amides is 2. The van der Waals surface area contributed by atoms with Crippen LogP contribution in [-0.4, -0.2) is 35.6 Å². The first kappa shape index (κ1) is 24.0. The number of anilines is 1. The van der Waals surface area contributed by atoms with Crippen molar-refractivity contribution in [2.75, 3.05) is 18.4 Å². The number of alkyl halides is 3. The highest BCUT2D eigenvalue weighted by Crippen LogP contribution is 2.31. The van der Waals surface area contributed by atoms with E-state index in [9.17, 15) is 22.8 Å². The maximum Gasteiger partial charge on any atom is 0.416 e. The van der Waals surface area contributed by atoms with Gasteiger partial charge in [0.1, 0.15) is 5.84 Å². The SMILES string of the molecule is CC(N)=CC1=NCCCN1C(=O)CCC(=O)Nc1ccc(-c2ccc(C(F)(F)F)cc2)cc1. The normalized spacial score (nSPS) is 14.6. The van der Waals surface area contributed by atoms with Gasteiger partial charge in [-0.2, -0.15) is 13.2 Å². The molecule has 0 aliphatic carbocycles. The lowest BCUT2D eigenvalue weighted by Crippen LogP contribution is -2.40. The maximum absolute atomic E-state index is 12.7. The summed E-state index contributed by atoms with van der Waals surface area (Å²) in [6.45, 7) is 2.89. The Morgan fingerprint density at radius 1 is 1.06 bits per heavy atom. The third kappa shape index (κ3) is 6.68. The van der Waals surface area contributed by atoms with Crippen molar-refractivity contribution >= 4 is 23.3 Å². The van der Waals surface area contributed by atoms with Crippen LogP contribution in [-0.2, 0) is 15.8 Å². The van der Waals surface area contributed by atoms with Gasteiger partial charge in [-0.25, -0.2) is 0 Å². The van der Waals surface area contributed by atoms with Crippen molar-refractivity contribution in [1.82, 2.24) is 4.90 Å². The molecular formula is C24H25F3N4O2. The number of aliphatic imine (C=N–C) groups is 1. The van der Waals surface area contributed by atoms with E-state index in [4.69, 9.17) is 5.73 Å². The zero-order valence-electron chi connectivity index (χ0n) is 18.2. The molecule has 0 aromatic heterocycles. The van der Waals surface area contributed by atoms with Crippen LogP contribution in [0.15, 0.2) is 65.3 Å². The lowest BCUT2D eigenvalue weighted by atomic mass is 10.0. The fourth-order valence-corrected chi connectivity index (χ4v) is 3.38. The van der Waals surface area contributed by atoms with Crippen LogP contribution in [0.4, 0.5) is 18.9 Å². The summed E-state index contributed by atoms with van der Waals surface area (Å²) < 4.78 is 38.1. The van der Waals surface area contributed by atoms with Gasteiger partial charge in [0.15, 0.2) is 0 Å². The van der Waals surface area contributed by atoms with Gasteiger partial charge >= 0.3 is 6.18 Å². The summed E-state index contributed by atoms with van der Waals surface area (Å²) in [6.07, 6.45) is -1.93. The molecule has 0 saturated heterocycles. The van der Waals surface area contributed by atoms with E-state index in [0.717, 1.165) is 24.1 Å². The Labute approximate surface area is 190 Å². The molecular weight excluding hydrogens is 433 g/mol. The quantitative estimate of drug-likeness (QED) is 0.664. The second-order valence-electron chi connectivity index (χ2n) is 7.73. The molecule has 3 rings (SSSR count). The number of nitrogens with two attached hydrogens (primary N) is 1. The number of rotatable bonds is 6. The molecule has 2 aromatic rings. The first-order chi connectivity index (χ1) is 15.6.